The van der Waals surface area contributed by atoms with Crippen LogP contribution < -0.4 is 15.5 Å². The van der Waals surface area contributed by atoms with Gasteiger partial charge >= 0.3 is 0 Å². The molecule has 0 saturated heterocycles. The third kappa shape index (κ3) is 5.46. The van der Waals surface area contributed by atoms with Gasteiger partial charge in [0.25, 0.3) is 5.91 Å². The van der Waals surface area contributed by atoms with E-state index in [2.05, 4.69) is 39.7 Å². The molecule has 0 spiro atoms. The summed E-state index contributed by atoms with van der Waals surface area (Å²) in [4.78, 5) is 23.6. The zero-order valence-electron chi connectivity index (χ0n) is 18.2. The zero-order valence-corrected chi connectivity index (χ0v) is 18.2. The SMILES string of the molecule is Cc1cc(C)c(C(=O)NC[C@H]2CC[C@@H](Nc3nccc(N(C)C)n3)CC2)c(C)c1. The number of hydrogen-bond donors (Lipinski definition) is 2. The molecule has 6 nitrogen and oxygen atoms in total. The van der Waals surface area contributed by atoms with Gasteiger partial charge in [-0.3, -0.25) is 4.79 Å². The molecule has 1 amide bonds. The second-order valence-corrected chi connectivity index (χ2v) is 8.48. The Hall–Kier alpha value is -2.63. The number of benzene rings is 1. The number of amides is 1. The Bertz CT molecular complexity index is 833. The van der Waals surface area contributed by atoms with E-state index in [0.29, 0.717) is 17.9 Å². The molecule has 2 N–H and O–H groups in total. The third-order valence-electron chi connectivity index (χ3n) is 5.73. The molecule has 2 aromatic rings. The summed E-state index contributed by atoms with van der Waals surface area (Å²) in [6.07, 6.45) is 6.12. The van der Waals surface area contributed by atoms with Gasteiger partial charge in [-0.05, 0) is 69.6 Å². The Balaban J connectivity index is 1.48. The molecule has 29 heavy (non-hydrogen) atoms. The molecule has 0 radical (unpaired) electrons. The van der Waals surface area contributed by atoms with Gasteiger partial charge in [0.2, 0.25) is 5.95 Å². The highest BCUT2D eigenvalue weighted by molar-refractivity contribution is 5.97. The van der Waals surface area contributed by atoms with Crippen LogP contribution in [0.25, 0.3) is 0 Å². The van der Waals surface area contributed by atoms with E-state index in [1.165, 1.54) is 5.56 Å². The quantitative estimate of drug-likeness (QED) is 0.777. The number of carbonyl (C=O) groups excluding carboxylic acids is 1. The minimum absolute atomic E-state index is 0.0501. The van der Waals surface area contributed by atoms with Crippen LogP contribution in [0.15, 0.2) is 24.4 Å². The number of carbonyl (C=O) groups is 1. The molecule has 1 saturated carbocycles. The normalized spacial score (nSPS) is 18.9. The second-order valence-electron chi connectivity index (χ2n) is 8.48. The van der Waals surface area contributed by atoms with Crippen LogP contribution in [-0.2, 0) is 0 Å². The van der Waals surface area contributed by atoms with Crippen LogP contribution >= 0.6 is 0 Å². The van der Waals surface area contributed by atoms with E-state index in [9.17, 15) is 4.79 Å². The van der Waals surface area contributed by atoms with Gasteiger partial charge in [0.1, 0.15) is 5.82 Å². The number of aromatic nitrogens is 2. The Morgan fingerprint density at radius 1 is 1.10 bits per heavy atom. The lowest BCUT2D eigenvalue weighted by molar-refractivity contribution is 0.0942. The average molecular weight is 396 g/mol. The predicted molar refractivity (Wildman–Crippen MR) is 119 cm³/mol. The van der Waals surface area contributed by atoms with Gasteiger partial charge in [0.05, 0.1) is 0 Å². The molecule has 1 aromatic heterocycles. The fraction of sp³-hybridized carbons (Fsp3) is 0.522. The molecule has 0 unspecified atom stereocenters. The Kier molecular flexibility index (Phi) is 6.72. The minimum atomic E-state index is 0.0501. The molecule has 0 aliphatic heterocycles. The molecule has 1 fully saturated rings. The number of nitrogens with one attached hydrogen (secondary N) is 2. The maximum Gasteiger partial charge on any atom is 0.251 e. The number of hydrogen-bond acceptors (Lipinski definition) is 5. The van der Waals surface area contributed by atoms with E-state index >= 15 is 0 Å². The van der Waals surface area contributed by atoms with Gasteiger partial charge in [-0.1, -0.05) is 17.7 Å². The first-order valence-corrected chi connectivity index (χ1v) is 10.5. The average Bonchev–Trinajstić information content (AvgIpc) is 2.67. The van der Waals surface area contributed by atoms with Crippen molar-refractivity contribution in [3.63, 3.8) is 0 Å². The molecule has 6 heteroatoms. The first-order chi connectivity index (χ1) is 13.8. The van der Waals surface area contributed by atoms with Crippen LogP contribution in [0.4, 0.5) is 11.8 Å². The molecule has 1 heterocycles. The lowest BCUT2D eigenvalue weighted by Gasteiger charge is -2.29. The monoisotopic (exact) mass is 395 g/mol. The van der Waals surface area contributed by atoms with Crippen LogP contribution in [0.3, 0.4) is 0 Å². The summed E-state index contributed by atoms with van der Waals surface area (Å²) in [5.41, 5.74) is 4.12. The largest absolute Gasteiger partial charge is 0.363 e. The molecule has 3 rings (SSSR count). The summed E-state index contributed by atoms with van der Waals surface area (Å²) in [5, 5.41) is 6.64. The molecule has 1 aromatic carbocycles. The molecule has 1 aliphatic carbocycles. The summed E-state index contributed by atoms with van der Waals surface area (Å²) in [6.45, 7) is 6.83. The summed E-state index contributed by atoms with van der Waals surface area (Å²) in [6, 6.07) is 6.45. The van der Waals surface area contributed by atoms with E-state index in [4.69, 9.17) is 0 Å². The maximum absolute atomic E-state index is 12.7. The standard InChI is InChI=1S/C23H33N5O/c1-15-12-16(2)21(17(3)13-15)22(29)25-14-18-6-8-19(9-7-18)26-23-24-11-10-20(27-23)28(4)5/h10-13,18-19H,6-9,14H2,1-5H3,(H,25,29)(H,24,26,27)/t18-,19+. The van der Waals surface area contributed by atoms with Crippen molar-refractivity contribution in [2.45, 2.75) is 52.5 Å². The van der Waals surface area contributed by atoms with Crippen molar-refractivity contribution >= 4 is 17.7 Å². The van der Waals surface area contributed by atoms with Crippen molar-refractivity contribution in [3.8, 4) is 0 Å². The Labute approximate surface area is 174 Å². The van der Waals surface area contributed by atoms with Crippen LogP contribution in [0.1, 0.15) is 52.7 Å². The fourth-order valence-corrected chi connectivity index (χ4v) is 4.22. The van der Waals surface area contributed by atoms with Crippen molar-refractivity contribution < 1.29 is 4.79 Å². The Morgan fingerprint density at radius 3 is 2.38 bits per heavy atom. The van der Waals surface area contributed by atoms with E-state index in [-0.39, 0.29) is 5.91 Å². The molecular weight excluding hydrogens is 362 g/mol. The summed E-state index contributed by atoms with van der Waals surface area (Å²) >= 11 is 0. The van der Waals surface area contributed by atoms with Gasteiger partial charge in [-0.2, -0.15) is 4.98 Å². The van der Waals surface area contributed by atoms with Gasteiger partial charge in [0.15, 0.2) is 0 Å². The van der Waals surface area contributed by atoms with Gasteiger partial charge < -0.3 is 15.5 Å². The molecule has 1 aliphatic rings. The number of anilines is 2. The summed E-state index contributed by atoms with van der Waals surface area (Å²) in [7, 11) is 3.95. The van der Waals surface area contributed by atoms with Crippen molar-refractivity contribution in [1.82, 2.24) is 15.3 Å². The van der Waals surface area contributed by atoms with Crippen molar-refractivity contribution in [3.05, 3.63) is 46.6 Å². The van der Waals surface area contributed by atoms with E-state index in [1.807, 2.05) is 38.9 Å². The first-order valence-electron chi connectivity index (χ1n) is 10.5. The van der Waals surface area contributed by atoms with Gasteiger partial charge in [-0.25, -0.2) is 4.98 Å². The zero-order chi connectivity index (χ0) is 21.0. The summed E-state index contributed by atoms with van der Waals surface area (Å²) in [5.74, 6) is 2.17. The Morgan fingerprint density at radius 2 is 1.76 bits per heavy atom. The topological polar surface area (TPSA) is 70.2 Å². The molecule has 0 bridgehead atoms. The smallest absolute Gasteiger partial charge is 0.251 e. The lowest BCUT2D eigenvalue weighted by Crippen LogP contribution is -2.34. The van der Waals surface area contributed by atoms with Crippen LogP contribution in [0.2, 0.25) is 0 Å². The molecule has 0 atom stereocenters. The highest BCUT2D eigenvalue weighted by atomic mass is 16.1. The van der Waals surface area contributed by atoms with Crippen LogP contribution in [0.5, 0.6) is 0 Å². The van der Waals surface area contributed by atoms with Crippen molar-refractivity contribution in [2.75, 3.05) is 30.9 Å². The van der Waals surface area contributed by atoms with E-state index in [0.717, 1.165) is 54.7 Å². The highest BCUT2D eigenvalue weighted by Gasteiger charge is 2.23. The lowest BCUT2D eigenvalue weighted by atomic mass is 9.86. The van der Waals surface area contributed by atoms with E-state index < -0.39 is 0 Å². The van der Waals surface area contributed by atoms with E-state index in [1.54, 1.807) is 6.20 Å². The maximum atomic E-state index is 12.7. The number of nitrogens with zero attached hydrogens (tertiary/aromatic N) is 3. The van der Waals surface area contributed by atoms with Gasteiger partial charge in [0, 0.05) is 38.4 Å². The van der Waals surface area contributed by atoms with Gasteiger partial charge in [-0.15, -0.1) is 0 Å². The minimum Gasteiger partial charge on any atom is -0.363 e. The summed E-state index contributed by atoms with van der Waals surface area (Å²) < 4.78 is 0. The highest BCUT2D eigenvalue weighted by Crippen LogP contribution is 2.26. The molecule has 156 valence electrons. The number of rotatable bonds is 6. The third-order valence-corrected chi connectivity index (χ3v) is 5.73. The molecular formula is C23H33N5O. The number of aryl methyl sites for hydroxylation is 3. The first kappa shape index (κ1) is 21.1. The second kappa shape index (κ2) is 9.25. The van der Waals surface area contributed by atoms with Crippen LogP contribution in [0, 0.1) is 26.7 Å². The fourth-order valence-electron chi connectivity index (χ4n) is 4.22. The van der Waals surface area contributed by atoms with Crippen molar-refractivity contribution in [1.29, 1.82) is 0 Å². The van der Waals surface area contributed by atoms with Crippen LogP contribution in [-0.4, -0.2) is 42.6 Å². The van der Waals surface area contributed by atoms with Crippen molar-refractivity contribution in [2.24, 2.45) is 5.92 Å². The predicted octanol–water partition coefficient (Wildman–Crippen LogP) is 3.87.